The van der Waals surface area contributed by atoms with E-state index < -0.39 is 0 Å². The normalized spacial score (nSPS) is 25.6. The third-order valence-electron chi connectivity index (χ3n) is 2.30. The van der Waals surface area contributed by atoms with Gasteiger partial charge in [0.2, 0.25) is 5.91 Å². The maximum atomic E-state index is 11.7. The molecule has 0 aromatic heterocycles. The fourth-order valence-electron chi connectivity index (χ4n) is 1.63. The molecule has 2 atom stereocenters. The van der Waals surface area contributed by atoms with Crippen LogP contribution in [0.15, 0.2) is 0 Å². The number of ether oxygens (including phenoxy) is 1. The van der Waals surface area contributed by atoms with Crippen LogP contribution in [0.5, 0.6) is 0 Å². The van der Waals surface area contributed by atoms with Crippen molar-refractivity contribution in [2.45, 2.75) is 38.8 Å². The summed E-state index contributed by atoms with van der Waals surface area (Å²) >= 11 is 0. The second-order valence-corrected chi connectivity index (χ2v) is 4.06. The average molecular weight is 200 g/mol. The fourth-order valence-corrected chi connectivity index (χ4v) is 1.63. The molecule has 4 heteroatoms. The largest absolute Gasteiger partial charge is 0.377 e. The molecule has 1 aliphatic rings. The number of hydrogen-bond acceptors (Lipinski definition) is 3. The van der Waals surface area contributed by atoms with Gasteiger partial charge in [-0.3, -0.25) is 4.79 Å². The number of carbonyl (C=O) groups is 1. The number of rotatable bonds is 2. The summed E-state index contributed by atoms with van der Waals surface area (Å²) in [6, 6.07) is -0.0537. The van der Waals surface area contributed by atoms with Crippen LogP contribution >= 0.6 is 0 Å². The summed E-state index contributed by atoms with van der Waals surface area (Å²) in [6.45, 7) is 6.11. The quantitative estimate of drug-likeness (QED) is 0.700. The standard InChI is InChI=1S/C10H20N2O2/c1-8(11)6-10(13)12-4-3-5-14-9(2)7-12/h8-9H,3-7,11H2,1-2H3. The average Bonchev–Trinajstić information content (AvgIpc) is 2.28. The lowest BCUT2D eigenvalue weighted by Gasteiger charge is -2.22. The zero-order valence-electron chi connectivity index (χ0n) is 9.03. The third kappa shape index (κ3) is 3.64. The number of nitrogens with two attached hydrogens (primary N) is 1. The lowest BCUT2D eigenvalue weighted by Crippen LogP contribution is -2.38. The van der Waals surface area contributed by atoms with E-state index in [1.165, 1.54) is 0 Å². The van der Waals surface area contributed by atoms with Crippen LogP contribution in [0, 0.1) is 0 Å². The van der Waals surface area contributed by atoms with E-state index in [2.05, 4.69) is 0 Å². The van der Waals surface area contributed by atoms with E-state index in [4.69, 9.17) is 10.5 Å². The second kappa shape index (κ2) is 5.32. The predicted octanol–water partition coefficient (Wildman–Crippen LogP) is 0.361. The molecule has 1 saturated heterocycles. The lowest BCUT2D eigenvalue weighted by molar-refractivity contribution is -0.132. The molecule has 1 rings (SSSR count). The Morgan fingerprint density at radius 3 is 3.07 bits per heavy atom. The van der Waals surface area contributed by atoms with Gasteiger partial charge in [-0.05, 0) is 20.3 Å². The molecular weight excluding hydrogens is 180 g/mol. The maximum absolute atomic E-state index is 11.7. The van der Waals surface area contributed by atoms with E-state index in [0.717, 1.165) is 19.6 Å². The Hall–Kier alpha value is -0.610. The SMILES string of the molecule is CC(N)CC(=O)N1CCCOC(C)C1. The first-order valence-corrected chi connectivity index (χ1v) is 5.24. The molecule has 0 radical (unpaired) electrons. The van der Waals surface area contributed by atoms with E-state index in [1.807, 2.05) is 18.7 Å². The van der Waals surface area contributed by atoms with Crippen molar-refractivity contribution in [2.24, 2.45) is 5.73 Å². The van der Waals surface area contributed by atoms with Crippen LogP contribution in [0.1, 0.15) is 26.7 Å². The van der Waals surface area contributed by atoms with E-state index in [-0.39, 0.29) is 18.1 Å². The van der Waals surface area contributed by atoms with E-state index >= 15 is 0 Å². The van der Waals surface area contributed by atoms with Crippen molar-refractivity contribution in [3.05, 3.63) is 0 Å². The van der Waals surface area contributed by atoms with Crippen LogP contribution in [0.3, 0.4) is 0 Å². The summed E-state index contributed by atoms with van der Waals surface area (Å²) in [6.07, 6.45) is 1.51. The number of nitrogens with zero attached hydrogens (tertiary/aromatic N) is 1. The van der Waals surface area contributed by atoms with Gasteiger partial charge in [0.15, 0.2) is 0 Å². The van der Waals surface area contributed by atoms with Crippen molar-refractivity contribution in [1.82, 2.24) is 4.90 Å². The van der Waals surface area contributed by atoms with Gasteiger partial charge in [-0.1, -0.05) is 0 Å². The van der Waals surface area contributed by atoms with Crippen molar-refractivity contribution in [3.8, 4) is 0 Å². The first-order valence-electron chi connectivity index (χ1n) is 5.24. The monoisotopic (exact) mass is 200 g/mol. The highest BCUT2D eigenvalue weighted by molar-refractivity contribution is 5.76. The van der Waals surface area contributed by atoms with Crippen molar-refractivity contribution >= 4 is 5.91 Å². The molecule has 0 aliphatic carbocycles. The number of amides is 1. The van der Waals surface area contributed by atoms with Crippen LogP contribution < -0.4 is 5.73 Å². The molecule has 1 aliphatic heterocycles. The van der Waals surface area contributed by atoms with Gasteiger partial charge in [0, 0.05) is 32.2 Å². The smallest absolute Gasteiger partial charge is 0.224 e. The van der Waals surface area contributed by atoms with Gasteiger partial charge in [0.05, 0.1) is 6.10 Å². The van der Waals surface area contributed by atoms with Crippen LogP contribution in [-0.2, 0) is 9.53 Å². The van der Waals surface area contributed by atoms with Gasteiger partial charge in [-0.15, -0.1) is 0 Å². The minimum Gasteiger partial charge on any atom is -0.377 e. The summed E-state index contributed by atoms with van der Waals surface area (Å²) in [7, 11) is 0. The van der Waals surface area contributed by atoms with Crippen molar-refractivity contribution in [2.75, 3.05) is 19.7 Å². The Kier molecular flexibility index (Phi) is 4.35. The molecule has 0 saturated carbocycles. The van der Waals surface area contributed by atoms with Crippen LogP contribution in [-0.4, -0.2) is 42.6 Å². The Labute approximate surface area is 85.4 Å². The molecule has 1 fully saturated rings. The summed E-state index contributed by atoms with van der Waals surface area (Å²) in [4.78, 5) is 13.6. The van der Waals surface area contributed by atoms with Crippen molar-refractivity contribution < 1.29 is 9.53 Å². The predicted molar refractivity (Wildman–Crippen MR) is 54.9 cm³/mol. The van der Waals surface area contributed by atoms with Gasteiger partial charge in [-0.2, -0.15) is 0 Å². The zero-order valence-corrected chi connectivity index (χ0v) is 9.03. The van der Waals surface area contributed by atoms with Crippen LogP contribution in [0.2, 0.25) is 0 Å². The highest BCUT2D eigenvalue weighted by atomic mass is 16.5. The summed E-state index contributed by atoms with van der Waals surface area (Å²) in [5.74, 6) is 0.150. The molecule has 1 heterocycles. The molecule has 0 aromatic rings. The van der Waals surface area contributed by atoms with Crippen LogP contribution in [0.25, 0.3) is 0 Å². The molecule has 1 amide bonds. The number of hydrogen-bond donors (Lipinski definition) is 1. The summed E-state index contributed by atoms with van der Waals surface area (Å²) in [5.41, 5.74) is 5.59. The molecular formula is C10H20N2O2. The van der Waals surface area contributed by atoms with Crippen LogP contribution in [0.4, 0.5) is 0 Å². The molecule has 2 unspecified atom stereocenters. The Balaban J connectivity index is 2.44. The van der Waals surface area contributed by atoms with Crippen molar-refractivity contribution in [3.63, 3.8) is 0 Å². The van der Waals surface area contributed by atoms with Crippen molar-refractivity contribution in [1.29, 1.82) is 0 Å². The van der Waals surface area contributed by atoms with Gasteiger partial charge in [-0.25, -0.2) is 0 Å². The topological polar surface area (TPSA) is 55.6 Å². The lowest BCUT2D eigenvalue weighted by atomic mass is 10.2. The summed E-state index contributed by atoms with van der Waals surface area (Å²) in [5, 5.41) is 0. The highest BCUT2D eigenvalue weighted by Crippen LogP contribution is 2.07. The zero-order chi connectivity index (χ0) is 10.6. The molecule has 0 aromatic carbocycles. The first kappa shape index (κ1) is 11.5. The molecule has 82 valence electrons. The Morgan fingerprint density at radius 1 is 1.71 bits per heavy atom. The fraction of sp³-hybridized carbons (Fsp3) is 0.900. The molecule has 14 heavy (non-hydrogen) atoms. The third-order valence-corrected chi connectivity index (χ3v) is 2.30. The minimum absolute atomic E-state index is 0.0537. The Morgan fingerprint density at radius 2 is 2.43 bits per heavy atom. The van der Waals surface area contributed by atoms with E-state index in [0.29, 0.717) is 13.0 Å². The number of carbonyl (C=O) groups excluding carboxylic acids is 1. The summed E-state index contributed by atoms with van der Waals surface area (Å²) < 4.78 is 5.46. The van der Waals surface area contributed by atoms with Gasteiger partial charge in [0.25, 0.3) is 0 Å². The van der Waals surface area contributed by atoms with E-state index in [1.54, 1.807) is 0 Å². The van der Waals surface area contributed by atoms with E-state index in [9.17, 15) is 4.79 Å². The molecule has 0 bridgehead atoms. The Bertz CT molecular complexity index is 195. The van der Waals surface area contributed by atoms with Gasteiger partial charge >= 0.3 is 0 Å². The minimum atomic E-state index is -0.0537. The van der Waals surface area contributed by atoms with Gasteiger partial charge in [0.1, 0.15) is 0 Å². The highest BCUT2D eigenvalue weighted by Gasteiger charge is 2.20. The van der Waals surface area contributed by atoms with Gasteiger partial charge < -0.3 is 15.4 Å². The molecule has 4 nitrogen and oxygen atoms in total. The molecule has 0 spiro atoms. The molecule has 2 N–H and O–H groups in total. The first-order chi connectivity index (χ1) is 6.59. The second-order valence-electron chi connectivity index (χ2n) is 4.06. The maximum Gasteiger partial charge on any atom is 0.224 e.